The number of aromatic nitrogens is 2. The molecule has 0 radical (unpaired) electrons. The predicted octanol–water partition coefficient (Wildman–Crippen LogP) is 2.56. The second-order valence-electron chi connectivity index (χ2n) is 7.23. The van der Waals surface area contributed by atoms with Crippen LogP contribution in [0.15, 0.2) is 41.1 Å². The van der Waals surface area contributed by atoms with Gasteiger partial charge in [-0.2, -0.15) is 0 Å². The first-order valence-corrected chi connectivity index (χ1v) is 9.71. The fourth-order valence-electron chi connectivity index (χ4n) is 2.24. The summed E-state index contributed by atoms with van der Waals surface area (Å²) in [5, 5.41) is 5.20. The number of carbonyl (C=O) groups excluding carboxylic acids is 3. The van der Waals surface area contributed by atoms with Gasteiger partial charge in [-0.05, 0) is 61.8 Å². The zero-order valence-corrected chi connectivity index (χ0v) is 18.2. The van der Waals surface area contributed by atoms with E-state index in [4.69, 9.17) is 4.74 Å². The maximum Gasteiger partial charge on any atom is 0.408 e. The normalized spacial score (nSPS) is 12.0. The molecule has 0 spiro atoms. The van der Waals surface area contributed by atoms with Gasteiger partial charge in [-0.1, -0.05) is 6.07 Å². The number of alkyl carbamates (subject to hydrolysis) is 1. The Morgan fingerprint density at radius 2 is 1.97 bits per heavy atom. The Hall–Kier alpha value is -2.88. The lowest BCUT2D eigenvalue weighted by molar-refractivity contribution is -0.118. The summed E-state index contributed by atoms with van der Waals surface area (Å²) in [4.78, 5) is 41.0. The van der Waals surface area contributed by atoms with Gasteiger partial charge in [-0.15, -0.1) is 0 Å². The minimum absolute atomic E-state index is 0.207. The van der Waals surface area contributed by atoms with Gasteiger partial charge >= 0.3 is 6.09 Å². The molecule has 2 aromatic heterocycles. The van der Waals surface area contributed by atoms with Crippen LogP contribution in [-0.2, 0) is 16.1 Å². The van der Waals surface area contributed by atoms with Gasteiger partial charge in [0.25, 0.3) is 11.8 Å². The second-order valence-corrected chi connectivity index (χ2v) is 8.08. The standard InChI is InChI=1S/C19H24BrN5O4/c1-12(23-18(28)29-19(2,3)4)16(26)24-25-10-8-14(20)15(25)17(27)22-11-13-7-5-6-9-21-13/h5-10,12H,11H2,1-4H3,(H,22,27)(H,23,28)(H,24,26). The number of carbonyl (C=O) groups is 3. The van der Waals surface area contributed by atoms with Crippen LogP contribution in [0.5, 0.6) is 0 Å². The summed E-state index contributed by atoms with van der Waals surface area (Å²) in [5.41, 5.74) is 2.81. The summed E-state index contributed by atoms with van der Waals surface area (Å²) < 4.78 is 6.92. The van der Waals surface area contributed by atoms with Crippen molar-refractivity contribution in [3.63, 3.8) is 0 Å². The molecule has 0 aliphatic carbocycles. The van der Waals surface area contributed by atoms with E-state index >= 15 is 0 Å². The Balaban J connectivity index is 2.00. The van der Waals surface area contributed by atoms with Crippen molar-refractivity contribution in [2.24, 2.45) is 0 Å². The minimum atomic E-state index is -0.879. The largest absolute Gasteiger partial charge is 0.444 e. The van der Waals surface area contributed by atoms with Crippen molar-refractivity contribution in [1.82, 2.24) is 20.3 Å². The van der Waals surface area contributed by atoms with Gasteiger partial charge in [-0.25, -0.2) is 4.79 Å². The molecule has 0 aromatic carbocycles. The lowest BCUT2D eigenvalue weighted by Crippen LogP contribution is -2.46. The van der Waals surface area contributed by atoms with Crippen molar-refractivity contribution in [1.29, 1.82) is 0 Å². The van der Waals surface area contributed by atoms with E-state index in [9.17, 15) is 14.4 Å². The van der Waals surface area contributed by atoms with Crippen LogP contribution in [-0.4, -0.2) is 39.2 Å². The Labute approximate surface area is 177 Å². The molecular formula is C19H24BrN5O4. The quantitative estimate of drug-likeness (QED) is 0.606. The van der Waals surface area contributed by atoms with E-state index in [-0.39, 0.29) is 12.2 Å². The van der Waals surface area contributed by atoms with Crippen molar-refractivity contribution in [3.8, 4) is 0 Å². The van der Waals surface area contributed by atoms with Gasteiger partial charge in [-0.3, -0.25) is 24.7 Å². The highest BCUT2D eigenvalue weighted by molar-refractivity contribution is 9.10. The van der Waals surface area contributed by atoms with E-state index < -0.39 is 29.6 Å². The van der Waals surface area contributed by atoms with Crippen molar-refractivity contribution in [2.75, 3.05) is 5.43 Å². The summed E-state index contributed by atoms with van der Waals surface area (Å²) >= 11 is 3.31. The highest BCUT2D eigenvalue weighted by Crippen LogP contribution is 2.17. The number of pyridine rings is 1. The van der Waals surface area contributed by atoms with Crippen LogP contribution in [0, 0.1) is 0 Å². The zero-order valence-electron chi connectivity index (χ0n) is 16.7. The maximum atomic E-state index is 12.6. The fraction of sp³-hybridized carbons (Fsp3) is 0.368. The van der Waals surface area contributed by atoms with E-state index in [1.807, 2.05) is 6.07 Å². The van der Waals surface area contributed by atoms with Crippen LogP contribution in [0.1, 0.15) is 43.9 Å². The Morgan fingerprint density at radius 1 is 1.24 bits per heavy atom. The molecule has 156 valence electrons. The average molecular weight is 466 g/mol. The van der Waals surface area contributed by atoms with Crippen molar-refractivity contribution in [2.45, 2.75) is 45.9 Å². The van der Waals surface area contributed by atoms with Gasteiger partial charge in [0.2, 0.25) is 0 Å². The Kier molecular flexibility index (Phi) is 7.38. The van der Waals surface area contributed by atoms with Crippen molar-refractivity contribution < 1.29 is 19.1 Å². The summed E-state index contributed by atoms with van der Waals surface area (Å²) in [6, 6.07) is 6.15. The Bertz CT molecular complexity index is 876. The number of nitrogens with zero attached hydrogens (tertiary/aromatic N) is 2. The molecule has 0 saturated heterocycles. The molecular weight excluding hydrogens is 442 g/mol. The SMILES string of the molecule is CC(NC(=O)OC(C)(C)C)C(=O)Nn1ccc(Br)c1C(=O)NCc1ccccn1. The van der Waals surface area contributed by atoms with Gasteiger partial charge in [0, 0.05) is 12.4 Å². The molecule has 10 heteroatoms. The third-order valence-electron chi connectivity index (χ3n) is 3.57. The van der Waals surface area contributed by atoms with E-state index in [0.29, 0.717) is 10.2 Å². The maximum absolute atomic E-state index is 12.6. The van der Waals surface area contributed by atoms with E-state index in [2.05, 4.69) is 37.0 Å². The number of amides is 3. The number of nitrogens with one attached hydrogen (secondary N) is 3. The fourth-order valence-corrected chi connectivity index (χ4v) is 2.73. The number of ether oxygens (including phenoxy) is 1. The summed E-state index contributed by atoms with van der Waals surface area (Å²) in [7, 11) is 0. The molecule has 2 rings (SSSR count). The van der Waals surface area contributed by atoms with E-state index in [1.165, 1.54) is 17.8 Å². The lowest BCUT2D eigenvalue weighted by atomic mass is 10.2. The first kappa shape index (κ1) is 22.4. The van der Waals surface area contributed by atoms with E-state index in [0.717, 1.165) is 0 Å². The first-order chi connectivity index (χ1) is 13.6. The smallest absolute Gasteiger partial charge is 0.408 e. The summed E-state index contributed by atoms with van der Waals surface area (Å²) in [5.74, 6) is -0.918. The number of rotatable bonds is 6. The molecule has 9 nitrogen and oxygen atoms in total. The molecule has 3 N–H and O–H groups in total. The van der Waals surface area contributed by atoms with Crippen molar-refractivity contribution in [3.05, 3.63) is 52.5 Å². The van der Waals surface area contributed by atoms with Crippen LogP contribution in [0.2, 0.25) is 0 Å². The molecule has 1 atom stereocenters. The molecule has 0 fully saturated rings. The summed E-state index contributed by atoms with van der Waals surface area (Å²) in [6.07, 6.45) is 2.46. The van der Waals surface area contributed by atoms with Gasteiger partial charge in [0.15, 0.2) is 0 Å². The van der Waals surface area contributed by atoms with Gasteiger partial charge in [0.1, 0.15) is 17.3 Å². The third kappa shape index (κ3) is 6.90. The highest BCUT2D eigenvalue weighted by Gasteiger charge is 2.23. The molecule has 2 aromatic rings. The van der Waals surface area contributed by atoms with Crippen LogP contribution < -0.4 is 16.1 Å². The van der Waals surface area contributed by atoms with E-state index in [1.54, 1.807) is 45.2 Å². The molecule has 1 unspecified atom stereocenters. The number of hydrogen-bond acceptors (Lipinski definition) is 5. The Morgan fingerprint density at radius 3 is 2.59 bits per heavy atom. The van der Waals surface area contributed by atoms with Crippen LogP contribution in [0.25, 0.3) is 0 Å². The molecule has 29 heavy (non-hydrogen) atoms. The average Bonchev–Trinajstić information content (AvgIpc) is 2.99. The first-order valence-electron chi connectivity index (χ1n) is 8.92. The highest BCUT2D eigenvalue weighted by atomic mass is 79.9. The lowest BCUT2D eigenvalue weighted by Gasteiger charge is -2.22. The molecule has 3 amide bonds. The van der Waals surface area contributed by atoms with Crippen LogP contribution in [0.3, 0.4) is 0 Å². The topological polar surface area (TPSA) is 114 Å². The van der Waals surface area contributed by atoms with Gasteiger partial charge < -0.3 is 15.4 Å². The molecule has 0 aliphatic heterocycles. The zero-order chi connectivity index (χ0) is 21.6. The minimum Gasteiger partial charge on any atom is -0.444 e. The van der Waals surface area contributed by atoms with Crippen LogP contribution in [0.4, 0.5) is 4.79 Å². The van der Waals surface area contributed by atoms with Crippen LogP contribution >= 0.6 is 15.9 Å². The third-order valence-corrected chi connectivity index (χ3v) is 4.21. The predicted molar refractivity (Wildman–Crippen MR) is 111 cm³/mol. The molecule has 0 saturated carbocycles. The number of halogens is 1. The summed E-state index contributed by atoms with van der Waals surface area (Å²) in [6.45, 7) is 6.93. The monoisotopic (exact) mass is 465 g/mol. The molecule has 0 bridgehead atoms. The molecule has 0 aliphatic rings. The van der Waals surface area contributed by atoms with Gasteiger partial charge in [0.05, 0.1) is 16.7 Å². The second kappa shape index (κ2) is 9.55. The number of hydrogen-bond donors (Lipinski definition) is 3. The molecule has 2 heterocycles. The van der Waals surface area contributed by atoms with Crippen molar-refractivity contribution >= 4 is 33.8 Å².